The standard InChI is InChI=1S/C29H24N6O5S/c30-27(37)13-14-34-23-10-9-20(31-17-24(36)18-5-2-1-3-6-18)16-22(23)32-29(34)33-28(38)26-12-11-25(41-26)19-7-4-8-21(15-19)35(39)40/h1-12,15-16,31H,13-14,17H2,(H2,30,37)(H,32,33,38). The number of anilines is 2. The number of nitrogens with zero attached hydrogens (tertiary/aromatic N) is 3. The highest BCUT2D eigenvalue weighted by Crippen LogP contribution is 2.31. The molecular formula is C29H24N6O5S. The van der Waals surface area contributed by atoms with E-state index in [0.717, 1.165) is 0 Å². The quantitative estimate of drug-likeness (QED) is 0.113. The second-order valence-corrected chi connectivity index (χ2v) is 10.2. The van der Waals surface area contributed by atoms with Crippen LogP contribution in [0.1, 0.15) is 26.5 Å². The summed E-state index contributed by atoms with van der Waals surface area (Å²) in [5.41, 5.74) is 8.45. The molecule has 5 aromatic rings. The van der Waals surface area contributed by atoms with E-state index in [1.54, 1.807) is 71.3 Å². The predicted molar refractivity (Wildman–Crippen MR) is 157 cm³/mol. The van der Waals surface area contributed by atoms with Crippen LogP contribution in [0.2, 0.25) is 0 Å². The zero-order valence-electron chi connectivity index (χ0n) is 21.6. The summed E-state index contributed by atoms with van der Waals surface area (Å²) in [5, 5.41) is 17.1. The summed E-state index contributed by atoms with van der Waals surface area (Å²) in [7, 11) is 0. The molecule has 3 aromatic carbocycles. The van der Waals surface area contributed by atoms with Gasteiger partial charge in [-0.3, -0.25) is 29.8 Å². The van der Waals surface area contributed by atoms with Gasteiger partial charge in [0.25, 0.3) is 11.6 Å². The molecule has 2 heterocycles. The first-order valence-corrected chi connectivity index (χ1v) is 13.4. The first-order chi connectivity index (χ1) is 19.8. The van der Waals surface area contributed by atoms with Crippen LogP contribution in [0.5, 0.6) is 0 Å². The van der Waals surface area contributed by atoms with E-state index in [-0.39, 0.29) is 36.9 Å². The number of imidazole rings is 1. The number of aromatic nitrogens is 2. The van der Waals surface area contributed by atoms with Gasteiger partial charge in [0.15, 0.2) is 5.78 Å². The number of carbonyl (C=O) groups is 3. The Bertz CT molecular complexity index is 1780. The van der Waals surface area contributed by atoms with Crippen LogP contribution in [0, 0.1) is 10.1 Å². The van der Waals surface area contributed by atoms with E-state index in [1.165, 1.54) is 23.5 Å². The second kappa shape index (κ2) is 11.8. The van der Waals surface area contributed by atoms with E-state index in [4.69, 9.17) is 5.73 Å². The highest BCUT2D eigenvalue weighted by atomic mass is 32.1. The van der Waals surface area contributed by atoms with Gasteiger partial charge in [-0.2, -0.15) is 0 Å². The minimum absolute atomic E-state index is 0.0375. The van der Waals surface area contributed by atoms with Crippen LogP contribution < -0.4 is 16.4 Å². The van der Waals surface area contributed by atoms with Crippen LogP contribution in [0.4, 0.5) is 17.3 Å². The maximum Gasteiger partial charge on any atom is 0.270 e. The van der Waals surface area contributed by atoms with Crippen molar-refractivity contribution in [2.24, 2.45) is 5.73 Å². The first kappa shape index (κ1) is 27.2. The number of nitrogens with two attached hydrogens (primary N) is 1. The van der Waals surface area contributed by atoms with E-state index >= 15 is 0 Å². The zero-order valence-corrected chi connectivity index (χ0v) is 22.4. The van der Waals surface area contributed by atoms with E-state index in [2.05, 4.69) is 15.6 Å². The fourth-order valence-corrected chi connectivity index (χ4v) is 5.14. The molecule has 0 bridgehead atoms. The molecule has 0 fully saturated rings. The molecule has 41 heavy (non-hydrogen) atoms. The van der Waals surface area contributed by atoms with E-state index in [1.807, 2.05) is 6.07 Å². The molecule has 0 radical (unpaired) electrons. The lowest BCUT2D eigenvalue weighted by atomic mass is 10.1. The summed E-state index contributed by atoms with van der Waals surface area (Å²) in [6.45, 7) is 0.289. The van der Waals surface area contributed by atoms with Crippen molar-refractivity contribution in [3.8, 4) is 10.4 Å². The van der Waals surface area contributed by atoms with Crippen molar-refractivity contribution in [1.29, 1.82) is 0 Å². The molecule has 0 atom stereocenters. The fraction of sp³-hybridized carbons (Fsp3) is 0.103. The summed E-state index contributed by atoms with van der Waals surface area (Å²) in [6, 6.07) is 23.9. The number of nitro groups is 1. The van der Waals surface area contributed by atoms with Crippen LogP contribution in [-0.2, 0) is 11.3 Å². The van der Waals surface area contributed by atoms with Gasteiger partial charge in [0.2, 0.25) is 11.9 Å². The van der Waals surface area contributed by atoms with E-state index in [0.29, 0.717) is 37.6 Å². The van der Waals surface area contributed by atoms with Gasteiger partial charge in [-0.1, -0.05) is 42.5 Å². The van der Waals surface area contributed by atoms with Gasteiger partial charge < -0.3 is 15.6 Å². The van der Waals surface area contributed by atoms with E-state index < -0.39 is 16.7 Å². The van der Waals surface area contributed by atoms with Gasteiger partial charge in [0, 0.05) is 41.2 Å². The molecular weight excluding hydrogens is 544 g/mol. The molecule has 0 aliphatic carbocycles. The van der Waals surface area contributed by atoms with Crippen LogP contribution in [-0.4, -0.2) is 38.6 Å². The Morgan fingerprint density at radius 2 is 1.78 bits per heavy atom. The Labute approximate surface area is 237 Å². The van der Waals surface area contributed by atoms with Crippen molar-refractivity contribution >= 4 is 57.3 Å². The molecule has 2 amide bonds. The average molecular weight is 569 g/mol. The smallest absolute Gasteiger partial charge is 0.270 e. The van der Waals surface area contributed by atoms with Crippen molar-refractivity contribution in [2.45, 2.75) is 13.0 Å². The third-order valence-corrected chi connectivity index (χ3v) is 7.41. The van der Waals surface area contributed by atoms with Gasteiger partial charge in [0.05, 0.1) is 27.4 Å². The number of aryl methyl sites for hydroxylation is 1. The lowest BCUT2D eigenvalue weighted by Crippen LogP contribution is -2.18. The highest BCUT2D eigenvalue weighted by Gasteiger charge is 2.18. The molecule has 0 aliphatic rings. The lowest BCUT2D eigenvalue weighted by Gasteiger charge is -2.09. The molecule has 5 rings (SSSR count). The van der Waals surface area contributed by atoms with Gasteiger partial charge >= 0.3 is 0 Å². The number of nitro benzene ring substituents is 1. The number of nitrogens with one attached hydrogen (secondary N) is 2. The fourth-order valence-electron chi connectivity index (χ4n) is 4.24. The summed E-state index contributed by atoms with van der Waals surface area (Å²) in [4.78, 5) is 53.5. The van der Waals surface area contributed by atoms with Gasteiger partial charge in [-0.05, 0) is 35.9 Å². The molecule has 2 aromatic heterocycles. The molecule has 0 saturated carbocycles. The molecule has 0 aliphatic heterocycles. The maximum absolute atomic E-state index is 13.2. The number of hydrogen-bond acceptors (Lipinski definition) is 8. The van der Waals surface area contributed by atoms with Crippen molar-refractivity contribution in [2.75, 3.05) is 17.2 Å². The van der Waals surface area contributed by atoms with Crippen molar-refractivity contribution in [3.63, 3.8) is 0 Å². The average Bonchev–Trinajstić information content (AvgIpc) is 3.60. The third-order valence-electron chi connectivity index (χ3n) is 6.28. The topological polar surface area (TPSA) is 162 Å². The molecule has 206 valence electrons. The van der Waals surface area contributed by atoms with E-state index in [9.17, 15) is 24.5 Å². The molecule has 12 heteroatoms. The number of primary amides is 1. The molecule has 0 unspecified atom stereocenters. The number of benzene rings is 3. The molecule has 4 N–H and O–H groups in total. The number of amides is 2. The summed E-state index contributed by atoms with van der Waals surface area (Å²) in [6.07, 6.45) is 0.0375. The Kier molecular flexibility index (Phi) is 7.83. The molecule has 11 nitrogen and oxygen atoms in total. The Morgan fingerprint density at radius 3 is 2.54 bits per heavy atom. The highest BCUT2D eigenvalue weighted by molar-refractivity contribution is 7.17. The first-order valence-electron chi connectivity index (χ1n) is 12.6. The van der Waals surface area contributed by atoms with Crippen molar-refractivity contribution < 1.29 is 19.3 Å². The number of rotatable bonds is 11. The minimum atomic E-state index is -0.498. The van der Waals surface area contributed by atoms with Gasteiger partial charge in [0.1, 0.15) is 0 Å². The maximum atomic E-state index is 13.2. The molecule has 0 saturated heterocycles. The number of Topliss-reactive ketones (excluding diaryl/α,β-unsaturated/α-hetero) is 1. The van der Waals surface area contributed by atoms with Crippen molar-refractivity contribution in [3.05, 3.63) is 105 Å². The number of carbonyl (C=O) groups excluding carboxylic acids is 3. The van der Waals surface area contributed by atoms with Crippen LogP contribution in [0.25, 0.3) is 21.5 Å². The van der Waals surface area contributed by atoms with Crippen molar-refractivity contribution in [1.82, 2.24) is 9.55 Å². The Balaban J connectivity index is 1.37. The summed E-state index contributed by atoms with van der Waals surface area (Å²) >= 11 is 1.19. The Hall–Kier alpha value is -5.36. The number of ketones is 1. The second-order valence-electron chi connectivity index (χ2n) is 9.08. The van der Waals surface area contributed by atoms with Gasteiger partial charge in [-0.15, -0.1) is 11.3 Å². The number of thiophene rings is 1. The third kappa shape index (κ3) is 6.28. The number of non-ortho nitro benzene ring substituents is 1. The van der Waals surface area contributed by atoms with Crippen LogP contribution in [0.15, 0.2) is 84.9 Å². The van der Waals surface area contributed by atoms with Crippen LogP contribution in [0.3, 0.4) is 0 Å². The largest absolute Gasteiger partial charge is 0.378 e. The number of hydrogen-bond donors (Lipinski definition) is 3. The van der Waals surface area contributed by atoms with Crippen LogP contribution >= 0.6 is 11.3 Å². The monoisotopic (exact) mass is 568 g/mol. The van der Waals surface area contributed by atoms with Gasteiger partial charge in [-0.25, -0.2) is 4.98 Å². The summed E-state index contributed by atoms with van der Waals surface area (Å²) in [5.74, 6) is -0.754. The Morgan fingerprint density at radius 1 is 0.976 bits per heavy atom. The minimum Gasteiger partial charge on any atom is -0.378 e. The zero-order chi connectivity index (χ0) is 28.9. The predicted octanol–water partition coefficient (Wildman–Crippen LogP) is 5.10. The normalized spacial score (nSPS) is 10.8. The number of fused-ring (bicyclic) bond motifs is 1. The summed E-state index contributed by atoms with van der Waals surface area (Å²) < 4.78 is 1.70. The SMILES string of the molecule is NC(=O)CCn1c(NC(=O)c2ccc(-c3cccc([N+](=O)[O-])c3)s2)nc2cc(NCC(=O)c3ccccc3)ccc21. The lowest BCUT2D eigenvalue weighted by molar-refractivity contribution is -0.384. The molecule has 0 spiro atoms.